The van der Waals surface area contributed by atoms with E-state index in [-0.39, 0.29) is 18.0 Å². The minimum Gasteiger partial charge on any atom is -0.343 e. The molecule has 62 valence electrons. The molecule has 0 fully saturated rings. The summed E-state index contributed by atoms with van der Waals surface area (Å²) in [6.45, 7) is 3.76. The monoisotopic (exact) mass is 154 g/mol. The topological polar surface area (TPSA) is 55.1 Å². The molecule has 0 radical (unpaired) electrons. The molecule has 0 heterocycles. The quantitative estimate of drug-likeness (QED) is 0.556. The number of nitrogens with two attached hydrogens (primary N) is 1. The van der Waals surface area contributed by atoms with Gasteiger partial charge in [-0.15, -0.1) is 6.42 Å². The summed E-state index contributed by atoms with van der Waals surface area (Å²) in [5.74, 6) is 1.60. The third kappa shape index (κ3) is 5.43. The van der Waals surface area contributed by atoms with Gasteiger partial charge in [-0.1, -0.05) is 0 Å². The number of carbonyl (C=O) groups is 1. The van der Waals surface area contributed by atoms with Crippen LogP contribution in [0.4, 0.5) is 0 Å². The summed E-state index contributed by atoms with van der Waals surface area (Å²) >= 11 is 0. The van der Waals surface area contributed by atoms with Gasteiger partial charge in [0.25, 0.3) is 5.91 Å². The van der Waals surface area contributed by atoms with Gasteiger partial charge in [-0.3, -0.25) is 4.79 Å². The Hall–Kier alpha value is -1.01. The molecule has 1 amide bonds. The van der Waals surface area contributed by atoms with Gasteiger partial charge in [0.2, 0.25) is 0 Å². The molecule has 2 unspecified atom stereocenters. The van der Waals surface area contributed by atoms with Crippen molar-refractivity contribution in [3.05, 3.63) is 0 Å². The van der Waals surface area contributed by atoms with Crippen molar-refractivity contribution < 1.29 is 4.79 Å². The van der Waals surface area contributed by atoms with Gasteiger partial charge in [-0.05, 0) is 26.2 Å². The lowest BCUT2D eigenvalue weighted by atomic mass is 10.1. The Morgan fingerprint density at radius 3 is 2.64 bits per heavy atom. The maximum Gasteiger partial charge on any atom is 0.295 e. The van der Waals surface area contributed by atoms with Crippen molar-refractivity contribution in [2.75, 3.05) is 0 Å². The minimum atomic E-state index is -0.377. The number of nitrogens with one attached hydrogen (secondary N) is 1. The lowest BCUT2D eigenvalue weighted by Crippen LogP contribution is -2.35. The molecule has 3 N–H and O–H groups in total. The summed E-state index contributed by atoms with van der Waals surface area (Å²) in [6, 6.07) is 0.140. The van der Waals surface area contributed by atoms with E-state index in [1.807, 2.05) is 19.8 Å². The number of rotatable bonds is 3. The molecule has 11 heavy (non-hydrogen) atoms. The number of hydrogen-bond acceptors (Lipinski definition) is 2. The van der Waals surface area contributed by atoms with Crippen LogP contribution in [-0.4, -0.2) is 18.0 Å². The fourth-order valence-corrected chi connectivity index (χ4v) is 0.882. The van der Waals surface area contributed by atoms with Crippen LogP contribution < -0.4 is 11.1 Å². The Bertz CT molecular complexity index is 169. The van der Waals surface area contributed by atoms with Gasteiger partial charge in [0.1, 0.15) is 0 Å². The van der Waals surface area contributed by atoms with E-state index >= 15 is 0 Å². The average Bonchev–Trinajstić information content (AvgIpc) is 1.85. The van der Waals surface area contributed by atoms with E-state index in [0.29, 0.717) is 0 Å². The summed E-state index contributed by atoms with van der Waals surface area (Å²) in [5.41, 5.74) is 5.51. The lowest BCUT2D eigenvalue weighted by molar-refractivity contribution is -0.116. The van der Waals surface area contributed by atoms with Crippen LogP contribution in [0, 0.1) is 12.3 Å². The van der Waals surface area contributed by atoms with Crippen molar-refractivity contribution in [1.82, 2.24) is 5.32 Å². The zero-order valence-electron chi connectivity index (χ0n) is 6.92. The summed E-state index contributed by atoms with van der Waals surface area (Å²) in [7, 11) is 0. The fraction of sp³-hybridized carbons (Fsp3) is 0.625. The van der Waals surface area contributed by atoms with Gasteiger partial charge in [-0.2, -0.15) is 0 Å². The first-order valence-corrected chi connectivity index (χ1v) is 3.59. The second-order valence-electron chi connectivity index (χ2n) is 2.73. The smallest absolute Gasteiger partial charge is 0.295 e. The number of carbonyl (C=O) groups excluding carboxylic acids is 1. The van der Waals surface area contributed by atoms with E-state index in [1.165, 1.54) is 0 Å². The van der Waals surface area contributed by atoms with Crippen molar-refractivity contribution >= 4 is 5.91 Å². The Morgan fingerprint density at radius 1 is 1.73 bits per heavy atom. The maximum absolute atomic E-state index is 10.6. The van der Waals surface area contributed by atoms with Gasteiger partial charge >= 0.3 is 0 Å². The molecule has 0 saturated heterocycles. The van der Waals surface area contributed by atoms with Gasteiger partial charge in [0, 0.05) is 12.1 Å². The molecule has 0 bridgehead atoms. The highest BCUT2D eigenvalue weighted by Crippen LogP contribution is 1.93. The second-order valence-corrected chi connectivity index (χ2v) is 2.73. The maximum atomic E-state index is 10.6. The predicted molar refractivity (Wildman–Crippen MR) is 44.7 cm³/mol. The van der Waals surface area contributed by atoms with Crippen molar-refractivity contribution in [3.8, 4) is 12.3 Å². The van der Waals surface area contributed by atoms with Crippen LogP contribution in [0.25, 0.3) is 0 Å². The molecule has 0 aliphatic heterocycles. The largest absolute Gasteiger partial charge is 0.343 e. The van der Waals surface area contributed by atoms with Crippen LogP contribution in [0.2, 0.25) is 0 Å². The molecule has 0 saturated carbocycles. The number of terminal acetylenes is 1. The summed E-state index contributed by atoms with van der Waals surface area (Å²) in [5, 5.41) is 2.61. The number of amides is 1. The highest BCUT2D eigenvalue weighted by atomic mass is 16.1. The van der Waals surface area contributed by atoms with Crippen molar-refractivity contribution in [2.45, 2.75) is 32.4 Å². The third-order valence-electron chi connectivity index (χ3n) is 1.23. The zero-order chi connectivity index (χ0) is 8.85. The Morgan fingerprint density at radius 2 is 2.27 bits per heavy atom. The van der Waals surface area contributed by atoms with Gasteiger partial charge in [-0.25, -0.2) is 0 Å². The van der Waals surface area contributed by atoms with Gasteiger partial charge in [0.05, 0.1) is 0 Å². The first-order chi connectivity index (χ1) is 5.06. The molecule has 2 atom stereocenters. The first-order valence-electron chi connectivity index (χ1n) is 3.59. The minimum absolute atomic E-state index is 0.0542. The first kappa shape index (κ1) is 9.99. The summed E-state index contributed by atoms with van der Waals surface area (Å²) in [4.78, 5) is 10.6. The van der Waals surface area contributed by atoms with E-state index < -0.39 is 0 Å². The third-order valence-corrected chi connectivity index (χ3v) is 1.23. The molecule has 0 aromatic carbocycles. The molecule has 0 spiro atoms. The van der Waals surface area contributed by atoms with E-state index in [2.05, 4.69) is 5.32 Å². The summed E-state index contributed by atoms with van der Waals surface area (Å²) < 4.78 is 0. The molecule has 0 aliphatic carbocycles. The molecule has 0 aromatic rings. The molecule has 0 aliphatic rings. The fourth-order valence-electron chi connectivity index (χ4n) is 0.882. The SMILES string of the molecule is C#CC(=O)NC(C)CC(C)N. The molecule has 3 heteroatoms. The molecular formula is C8H14N2O. The lowest BCUT2D eigenvalue weighted by Gasteiger charge is -2.13. The normalized spacial score (nSPS) is 14.7. The van der Waals surface area contributed by atoms with E-state index in [0.717, 1.165) is 6.42 Å². The standard InChI is InChI=1S/C8H14N2O/c1-4-8(11)10-7(3)5-6(2)9/h1,6-7H,5,9H2,2-3H3,(H,10,11). The Balaban J connectivity index is 3.62. The summed E-state index contributed by atoms with van der Waals surface area (Å²) in [6.07, 6.45) is 5.60. The highest BCUT2D eigenvalue weighted by Gasteiger charge is 2.06. The van der Waals surface area contributed by atoms with Crippen LogP contribution >= 0.6 is 0 Å². The molecule has 0 rings (SSSR count). The zero-order valence-corrected chi connectivity index (χ0v) is 6.92. The van der Waals surface area contributed by atoms with Crippen molar-refractivity contribution in [2.24, 2.45) is 5.73 Å². The average molecular weight is 154 g/mol. The van der Waals surface area contributed by atoms with E-state index in [1.54, 1.807) is 0 Å². The van der Waals surface area contributed by atoms with Crippen molar-refractivity contribution in [1.29, 1.82) is 0 Å². The van der Waals surface area contributed by atoms with Crippen LogP contribution in [0.3, 0.4) is 0 Å². The predicted octanol–water partition coefficient (Wildman–Crippen LogP) is -0.138. The van der Waals surface area contributed by atoms with Gasteiger partial charge < -0.3 is 11.1 Å². The van der Waals surface area contributed by atoms with E-state index in [9.17, 15) is 4.79 Å². The van der Waals surface area contributed by atoms with Crippen molar-refractivity contribution in [3.63, 3.8) is 0 Å². The van der Waals surface area contributed by atoms with Crippen LogP contribution in [0.15, 0.2) is 0 Å². The van der Waals surface area contributed by atoms with Crippen LogP contribution in [0.1, 0.15) is 20.3 Å². The second kappa shape index (κ2) is 4.75. The molecular weight excluding hydrogens is 140 g/mol. The number of hydrogen-bond donors (Lipinski definition) is 2. The highest BCUT2D eigenvalue weighted by molar-refractivity contribution is 5.92. The Labute approximate surface area is 67.3 Å². The molecule has 0 aromatic heterocycles. The van der Waals surface area contributed by atoms with Gasteiger partial charge in [0.15, 0.2) is 0 Å². The Kier molecular flexibility index (Phi) is 4.32. The van der Waals surface area contributed by atoms with Crippen LogP contribution in [0.5, 0.6) is 0 Å². The van der Waals surface area contributed by atoms with E-state index in [4.69, 9.17) is 12.2 Å². The molecule has 3 nitrogen and oxygen atoms in total. The van der Waals surface area contributed by atoms with Crippen LogP contribution in [-0.2, 0) is 4.79 Å².